The van der Waals surface area contributed by atoms with Crippen LogP contribution in [0.4, 0.5) is 0 Å². The third kappa shape index (κ3) is 6.68. The standard InChI is InChI=1S/C15H23ClN2O16P2/c16-3-5-8(20)10(22)12(24)14(32-5)33-36(28,29)34-35(26,27)30-4-6-9(21)11(23)13(31-6)18-2-1-7(19)17-15(18)25/h1-2,5-6,8-14,20-24H,3-4H2,(H,26,27)(H,28,29)(H,17,19,25)/t5-,6-,8-,9-,10+,11-,12-,13-,14-/m1/s1. The first-order valence-electron chi connectivity index (χ1n) is 9.94. The second-order valence-electron chi connectivity index (χ2n) is 7.65. The average molecular weight is 585 g/mol. The van der Waals surface area contributed by atoms with Crippen LogP contribution in [0.5, 0.6) is 0 Å². The molecule has 3 rings (SSSR count). The number of nitrogens with one attached hydrogen (secondary N) is 1. The van der Waals surface area contributed by atoms with Crippen molar-refractivity contribution in [1.82, 2.24) is 9.55 Å². The van der Waals surface area contributed by atoms with Crippen LogP contribution in [0.2, 0.25) is 0 Å². The molecule has 21 heteroatoms. The molecule has 2 fully saturated rings. The number of ether oxygens (including phenoxy) is 2. The molecule has 2 saturated heterocycles. The maximum Gasteiger partial charge on any atom is 0.483 e. The molecule has 1 aromatic heterocycles. The number of hydrogen-bond acceptors (Lipinski definition) is 14. The zero-order valence-corrected chi connectivity index (χ0v) is 20.3. The van der Waals surface area contributed by atoms with Crippen LogP contribution in [-0.4, -0.2) is 106 Å². The Labute approximate surface area is 205 Å². The summed E-state index contributed by atoms with van der Waals surface area (Å²) in [7, 11) is -11.0. The third-order valence-electron chi connectivity index (χ3n) is 5.13. The van der Waals surface area contributed by atoms with Gasteiger partial charge in [-0.3, -0.25) is 23.4 Å². The molecule has 1 aromatic rings. The van der Waals surface area contributed by atoms with Crippen molar-refractivity contribution in [2.45, 2.75) is 55.2 Å². The van der Waals surface area contributed by atoms with Gasteiger partial charge in [-0.15, -0.1) is 11.6 Å². The van der Waals surface area contributed by atoms with Crippen LogP contribution >= 0.6 is 27.2 Å². The summed E-state index contributed by atoms with van der Waals surface area (Å²) < 4.78 is 48.4. The molecule has 18 nitrogen and oxygen atoms in total. The topological polar surface area (TPSA) is 277 Å². The monoisotopic (exact) mass is 584 g/mol. The van der Waals surface area contributed by atoms with E-state index in [0.29, 0.717) is 0 Å². The van der Waals surface area contributed by atoms with Gasteiger partial charge in [-0.25, -0.2) is 13.9 Å². The number of aliphatic hydroxyl groups excluding tert-OH is 5. The molecule has 0 amide bonds. The molecule has 0 aromatic carbocycles. The quantitative estimate of drug-likeness (QED) is 0.103. The van der Waals surface area contributed by atoms with Gasteiger partial charge in [0.2, 0.25) is 0 Å². The number of hydrogen-bond donors (Lipinski definition) is 8. The second-order valence-corrected chi connectivity index (χ2v) is 11.0. The maximum absolute atomic E-state index is 12.2. The molecule has 0 aliphatic carbocycles. The Morgan fingerprint density at radius 3 is 2.19 bits per heavy atom. The fourth-order valence-electron chi connectivity index (χ4n) is 3.33. The summed E-state index contributed by atoms with van der Waals surface area (Å²) in [5.41, 5.74) is -1.73. The number of H-pyrrole nitrogens is 1. The number of phosphoric ester groups is 2. The first-order chi connectivity index (χ1) is 16.7. The van der Waals surface area contributed by atoms with Crippen LogP contribution in [0.1, 0.15) is 6.23 Å². The number of aromatic nitrogens is 2. The highest BCUT2D eigenvalue weighted by atomic mass is 35.5. The fraction of sp³-hybridized carbons (Fsp3) is 0.733. The van der Waals surface area contributed by atoms with Gasteiger partial charge in [0.1, 0.15) is 42.7 Å². The highest BCUT2D eigenvalue weighted by Gasteiger charge is 2.49. The molecule has 0 saturated carbocycles. The lowest BCUT2D eigenvalue weighted by atomic mass is 10.0. The predicted octanol–water partition coefficient (Wildman–Crippen LogP) is -3.55. The summed E-state index contributed by atoms with van der Waals surface area (Å²) in [6.07, 6.45) is -14.8. The van der Waals surface area contributed by atoms with Gasteiger partial charge >= 0.3 is 21.3 Å². The highest BCUT2D eigenvalue weighted by Crippen LogP contribution is 2.61. The molecule has 206 valence electrons. The van der Waals surface area contributed by atoms with Gasteiger partial charge in [-0.2, -0.15) is 4.31 Å². The summed E-state index contributed by atoms with van der Waals surface area (Å²) in [6.45, 7) is -1.01. The molecule has 2 aliphatic heterocycles. The predicted molar refractivity (Wildman–Crippen MR) is 112 cm³/mol. The zero-order valence-electron chi connectivity index (χ0n) is 17.8. The SMILES string of the molecule is O=c1ccn([C@@H]2O[C@H](COP(=O)(O)OP(=O)(O)O[C@H]3O[C@H](CCl)[C@@H](O)[C@H](O)[C@H]3O)[C@@H](O)[C@H]2O)c(=O)[nH]1. The lowest BCUT2D eigenvalue weighted by Gasteiger charge is -2.39. The van der Waals surface area contributed by atoms with Crippen LogP contribution in [0.3, 0.4) is 0 Å². The van der Waals surface area contributed by atoms with Crippen molar-refractivity contribution in [3.8, 4) is 0 Å². The van der Waals surface area contributed by atoms with Gasteiger partial charge in [0.05, 0.1) is 12.5 Å². The Balaban J connectivity index is 1.61. The van der Waals surface area contributed by atoms with Crippen LogP contribution in [-0.2, 0) is 32.0 Å². The minimum absolute atomic E-state index is 0.426. The zero-order chi connectivity index (χ0) is 27.0. The molecule has 0 radical (unpaired) electrons. The summed E-state index contributed by atoms with van der Waals surface area (Å²) >= 11 is 5.54. The van der Waals surface area contributed by atoms with E-state index in [0.717, 1.165) is 16.8 Å². The molecule has 2 aliphatic rings. The van der Waals surface area contributed by atoms with E-state index < -0.39 is 94.6 Å². The Bertz CT molecular complexity index is 1130. The molecule has 2 unspecified atom stereocenters. The molecule has 11 atom stereocenters. The smallest absolute Gasteiger partial charge is 0.388 e. The van der Waals surface area contributed by atoms with Crippen LogP contribution in [0, 0.1) is 0 Å². The number of halogens is 1. The number of rotatable bonds is 9. The third-order valence-corrected chi connectivity index (χ3v) is 8.03. The molecule has 3 heterocycles. The molecule has 0 bridgehead atoms. The molecular weight excluding hydrogens is 562 g/mol. The lowest BCUT2D eigenvalue weighted by molar-refractivity contribution is -0.270. The van der Waals surface area contributed by atoms with Gasteiger partial charge in [-0.05, 0) is 0 Å². The van der Waals surface area contributed by atoms with E-state index in [1.54, 1.807) is 0 Å². The highest BCUT2D eigenvalue weighted by molar-refractivity contribution is 7.61. The van der Waals surface area contributed by atoms with Crippen molar-refractivity contribution in [2.75, 3.05) is 12.5 Å². The summed E-state index contributed by atoms with van der Waals surface area (Å²) in [4.78, 5) is 44.6. The first kappa shape index (κ1) is 29.5. The normalized spacial score (nSPS) is 38.4. The van der Waals surface area contributed by atoms with Gasteiger partial charge in [-0.1, -0.05) is 0 Å². The van der Waals surface area contributed by atoms with Crippen LogP contribution < -0.4 is 11.2 Å². The van der Waals surface area contributed by atoms with Crippen molar-refractivity contribution < 1.29 is 67.3 Å². The molecule has 36 heavy (non-hydrogen) atoms. The van der Waals surface area contributed by atoms with Gasteiger partial charge < -0.3 is 44.8 Å². The van der Waals surface area contributed by atoms with Crippen LogP contribution in [0.15, 0.2) is 21.9 Å². The number of nitrogens with zero attached hydrogens (tertiary/aromatic N) is 1. The van der Waals surface area contributed by atoms with E-state index in [1.165, 1.54) is 0 Å². The summed E-state index contributed by atoms with van der Waals surface area (Å²) in [6, 6.07) is 0.935. The van der Waals surface area contributed by atoms with E-state index >= 15 is 0 Å². The molecule has 8 N–H and O–H groups in total. The average Bonchev–Trinajstić information content (AvgIpc) is 3.06. The lowest BCUT2D eigenvalue weighted by Crippen LogP contribution is -2.58. The number of alkyl halides is 1. The van der Waals surface area contributed by atoms with Gasteiger partial charge in [0.25, 0.3) is 5.56 Å². The fourth-order valence-corrected chi connectivity index (χ4v) is 5.74. The van der Waals surface area contributed by atoms with E-state index in [4.69, 9.17) is 21.1 Å². The van der Waals surface area contributed by atoms with Gasteiger partial charge in [0.15, 0.2) is 12.5 Å². The van der Waals surface area contributed by atoms with E-state index in [2.05, 4.69) is 13.4 Å². The van der Waals surface area contributed by atoms with Gasteiger partial charge in [0, 0.05) is 12.3 Å². The Morgan fingerprint density at radius 1 is 0.944 bits per heavy atom. The first-order valence-corrected chi connectivity index (χ1v) is 13.5. The Kier molecular flexibility index (Phi) is 9.31. The largest absolute Gasteiger partial charge is 0.483 e. The molecule has 0 spiro atoms. The van der Waals surface area contributed by atoms with E-state index in [1.807, 2.05) is 4.98 Å². The number of aliphatic hydroxyl groups is 5. The van der Waals surface area contributed by atoms with Crippen molar-refractivity contribution in [1.29, 1.82) is 0 Å². The Morgan fingerprint density at radius 2 is 1.58 bits per heavy atom. The van der Waals surface area contributed by atoms with E-state index in [-0.39, 0.29) is 0 Å². The second kappa shape index (κ2) is 11.4. The van der Waals surface area contributed by atoms with E-state index in [9.17, 15) is 54.0 Å². The maximum atomic E-state index is 12.2. The van der Waals surface area contributed by atoms with Crippen molar-refractivity contribution in [3.05, 3.63) is 33.1 Å². The number of phosphoric acid groups is 2. The Hall–Kier alpha value is -1.05. The molecular formula is C15H23ClN2O16P2. The van der Waals surface area contributed by atoms with Crippen LogP contribution in [0.25, 0.3) is 0 Å². The van der Waals surface area contributed by atoms with Crippen molar-refractivity contribution in [2.24, 2.45) is 0 Å². The minimum atomic E-state index is -5.55. The number of aromatic amines is 1. The summed E-state index contributed by atoms with van der Waals surface area (Å²) in [5.74, 6) is -0.426. The van der Waals surface area contributed by atoms with Crippen molar-refractivity contribution >= 4 is 27.2 Å². The van der Waals surface area contributed by atoms with Crippen molar-refractivity contribution in [3.63, 3.8) is 0 Å². The summed E-state index contributed by atoms with van der Waals surface area (Å²) in [5, 5.41) is 49.6. The minimum Gasteiger partial charge on any atom is -0.388 e.